The van der Waals surface area contributed by atoms with Gasteiger partial charge in [0.05, 0.1) is 0 Å². The summed E-state index contributed by atoms with van der Waals surface area (Å²) in [5.41, 5.74) is 0. The highest BCUT2D eigenvalue weighted by atomic mass is 16.5. The van der Waals surface area contributed by atoms with Crippen molar-refractivity contribution in [2.75, 3.05) is 20.3 Å². The lowest BCUT2D eigenvalue weighted by Gasteiger charge is -2.42. The Kier molecular flexibility index (Phi) is 3.45. The normalized spacial score (nSPS) is 36.4. The molecule has 0 aromatic carbocycles. The van der Waals surface area contributed by atoms with Crippen molar-refractivity contribution >= 4 is 0 Å². The van der Waals surface area contributed by atoms with Crippen LogP contribution in [0.3, 0.4) is 0 Å². The SMILES string of the molecule is CNC(C1CCC1)C1CCOCC1C. The van der Waals surface area contributed by atoms with Crippen molar-refractivity contribution in [3.63, 3.8) is 0 Å². The molecule has 2 fully saturated rings. The summed E-state index contributed by atoms with van der Waals surface area (Å²) < 4.78 is 5.51. The third kappa shape index (κ3) is 1.96. The van der Waals surface area contributed by atoms with Crippen molar-refractivity contribution in [1.82, 2.24) is 5.32 Å². The largest absolute Gasteiger partial charge is 0.381 e. The maximum absolute atomic E-state index is 5.51. The highest BCUT2D eigenvalue weighted by molar-refractivity contribution is 4.89. The fourth-order valence-electron chi connectivity index (χ4n) is 3.03. The van der Waals surface area contributed by atoms with E-state index in [0.717, 1.165) is 37.0 Å². The fraction of sp³-hybridized carbons (Fsp3) is 1.00. The molecule has 14 heavy (non-hydrogen) atoms. The Morgan fingerprint density at radius 3 is 2.57 bits per heavy atom. The molecule has 1 aliphatic carbocycles. The maximum Gasteiger partial charge on any atom is 0.0494 e. The van der Waals surface area contributed by atoms with E-state index in [1.807, 2.05) is 0 Å². The molecule has 0 bridgehead atoms. The van der Waals surface area contributed by atoms with Crippen molar-refractivity contribution < 1.29 is 4.74 Å². The number of ether oxygens (including phenoxy) is 1. The number of hydrogen-bond donors (Lipinski definition) is 1. The van der Waals surface area contributed by atoms with Crippen molar-refractivity contribution in [2.24, 2.45) is 17.8 Å². The lowest BCUT2D eigenvalue weighted by molar-refractivity contribution is -0.00385. The topological polar surface area (TPSA) is 21.3 Å². The predicted molar refractivity (Wildman–Crippen MR) is 58.3 cm³/mol. The minimum atomic E-state index is 0.738. The summed E-state index contributed by atoms with van der Waals surface area (Å²) in [5, 5.41) is 3.55. The van der Waals surface area contributed by atoms with Crippen LogP contribution in [0.15, 0.2) is 0 Å². The van der Waals surface area contributed by atoms with Gasteiger partial charge in [-0.15, -0.1) is 0 Å². The molecule has 3 unspecified atom stereocenters. The molecular formula is C12H23NO. The average Bonchev–Trinajstić information content (AvgIpc) is 2.12. The van der Waals surface area contributed by atoms with Gasteiger partial charge in [-0.2, -0.15) is 0 Å². The van der Waals surface area contributed by atoms with Gasteiger partial charge in [0.15, 0.2) is 0 Å². The fourth-order valence-corrected chi connectivity index (χ4v) is 3.03. The molecule has 1 aliphatic heterocycles. The first-order valence-electron chi connectivity index (χ1n) is 6.08. The molecule has 1 saturated carbocycles. The first kappa shape index (κ1) is 10.4. The van der Waals surface area contributed by atoms with Gasteiger partial charge in [0.2, 0.25) is 0 Å². The molecular weight excluding hydrogens is 174 g/mol. The molecule has 1 N–H and O–H groups in total. The van der Waals surface area contributed by atoms with Crippen LogP contribution in [0.25, 0.3) is 0 Å². The molecule has 0 spiro atoms. The van der Waals surface area contributed by atoms with E-state index in [0.29, 0.717) is 0 Å². The van der Waals surface area contributed by atoms with E-state index in [-0.39, 0.29) is 0 Å². The summed E-state index contributed by atoms with van der Waals surface area (Å²) in [7, 11) is 2.13. The second kappa shape index (κ2) is 4.63. The Labute approximate surface area is 87.4 Å². The lowest BCUT2D eigenvalue weighted by atomic mass is 9.70. The highest BCUT2D eigenvalue weighted by Gasteiger charge is 2.36. The van der Waals surface area contributed by atoms with Crippen LogP contribution in [0.5, 0.6) is 0 Å². The second-order valence-corrected chi connectivity index (χ2v) is 5.01. The Morgan fingerprint density at radius 1 is 1.29 bits per heavy atom. The molecule has 1 saturated heterocycles. The quantitative estimate of drug-likeness (QED) is 0.747. The van der Waals surface area contributed by atoms with Crippen molar-refractivity contribution in [3.05, 3.63) is 0 Å². The Balaban J connectivity index is 1.94. The third-order valence-corrected chi connectivity index (χ3v) is 4.16. The van der Waals surface area contributed by atoms with Crippen LogP contribution < -0.4 is 5.32 Å². The summed E-state index contributed by atoms with van der Waals surface area (Å²) >= 11 is 0. The van der Waals surface area contributed by atoms with Crippen molar-refractivity contribution in [1.29, 1.82) is 0 Å². The van der Waals surface area contributed by atoms with Crippen LogP contribution in [-0.4, -0.2) is 26.3 Å². The van der Waals surface area contributed by atoms with Crippen LogP contribution in [-0.2, 0) is 4.74 Å². The van der Waals surface area contributed by atoms with Gasteiger partial charge >= 0.3 is 0 Å². The molecule has 2 aliphatic rings. The van der Waals surface area contributed by atoms with Crippen LogP contribution in [0.2, 0.25) is 0 Å². The number of hydrogen-bond acceptors (Lipinski definition) is 2. The van der Waals surface area contributed by atoms with Crippen LogP contribution in [0.1, 0.15) is 32.6 Å². The zero-order chi connectivity index (χ0) is 9.97. The van der Waals surface area contributed by atoms with Gasteiger partial charge in [0, 0.05) is 19.3 Å². The van der Waals surface area contributed by atoms with Gasteiger partial charge in [-0.05, 0) is 44.1 Å². The minimum absolute atomic E-state index is 0.738. The first-order chi connectivity index (χ1) is 6.83. The molecule has 0 aromatic rings. The van der Waals surface area contributed by atoms with Crippen LogP contribution in [0, 0.1) is 17.8 Å². The minimum Gasteiger partial charge on any atom is -0.381 e. The second-order valence-electron chi connectivity index (χ2n) is 5.01. The third-order valence-electron chi connectivity index (χ3n) is 4.16. The summed E-state index contributed by atoms with van der Waals surface area (Å²) in [6.07, 6.45) is 5.58. The molecule has 82 valence electrons. The van der Waals surface area contributed by atoms with E-state index in [9.17, 15) is 0 Å². The standard InChI is InChI=1S/C12H23NO/c1-9-8-14-7-6-11(9)12(13-2)10-4-3-5-10/h9-13H,3-8H2,1-2H3. The average molecular weight is 197 g/mol. The monoisotopic (exact) mass is 197 g/mol. The summed E-state index contributed by atoms with van der Waals surface area (Å²) in [5.74, 6) is 2.53. The van der Waals surface area contributed by atoms with Gasteiger partial charge in [-0.1, -0.05) is 13.3 Å². The van der Waals surface area contributed by atoms with Gasteiger partial charge in [0.1, 0.15) is 0 Å². The molecule has 2 heteroatoms. The smallest absolute Gasteiger partial charge is 0.0494 e. The Morgan fingerprint density at radius 2 is 2.07 bits per heavy atom. The van der Waals surface area contributed by atoms with Crippen LogP contribution in [0.4, 0.5) is 0 Å². The predicted octanol–water partition coefficient (Wildman–Crippen LogP) is 2.05. The lowest BCUT2D eigenvalue weighted by Crippen LogP contribution is -2.47. The van der Waals surface area contributed by atoms with Gasteiger partial charge in [0.25, 0.3) is 0 Å². The van der Waals surface area contributed by atoms with E-state index >= 15 is 0 Å². The van der Waals surface area contributed by atoms with Gasteiger partial charge in [-0.25, -0.2) is 0 Å². The van der Waals surface area contributed by atoms with Gasteiger partial charge < -0.3 is 10.1 Å². The molecule has 0 amide bonds. The summed E-state index contributed by atoms with van der Waals surface area (Å²) in [6, 6.07) is 0.752. The zero-order valence-corrected chi connectivity index (χ0v) is 9.46. The molecule has 2 rings (SSSR count). The zero-order valence-electron chi connectivity index (χ0n) is 9.46. The number of rotatable bonds is 3. The van der Waals surface area contributed by atoms with E-state index in [4.69, 9.17) is 4.74 Å². The summed E-state index contributed by atoms with van der Waals surface area (Å²) in [6.45, 7) is 4.28. The van der Waals surface area contributed by atoms with Crippen molar-refractivity contribution in [3.8, 4) is 0 Å². The van der Waals surface area contributed by atoms with E-state index in [1.54, 1.807) is 0 Å². The van der Waals surface area contributed by atoms with Gasteiger partial charge in [-0.3, -0.25) is 0 Å². The molecule has 3 atom stereocenters. The van der Waals surface area contributed by atoms with Crippen LogP contribution >= 0.6 is 0 Å². The molecule has 2 nitrogen and oxygen atoms in total. The number of nitrogens with one attached hydrogen (secondary N) is 1. The van der Waals surface area contributed by atoms with E-state index in [1.165, 1.54) is 25.7 Å². The van der Waals surface area contributed by atoms with E-state index in [2.05, 4.69) is 19.3 Å². The van der Waals surface area contributed by atoms with E-state index < -0.39 is 0 Å². The maximum atomic E-state index is 5.51. The summed E-state index contributed by atoms with van der Waals surface area (Å²) in [4.78, 5) is 0. The van der Waals surface area contributed by atoms with Crippen molar-refractivity contribution in [2.45, 2.75) is 38.6 Å². The molecule has 0 aromatic heterocycles. The molecule has 0 radical (unpaired) electrons. The first-order valence-corrected chi connectivity index (χ1v) is 6.08. The highest BCUT2D eigenvalue weighted by Crippen LogP contribution is 2.37. The molecule has 1 heterocycles. The Hall–Kier alpha value is -0.0800. The Bertz CT molecular complexity index is 177.